The first-order valence-electron chi connectivity index (χ1n) is 3.23. The first-order valence-corrected chi connectivity index (χ1v) is 3.23. The number of halogens is 3. The number of rotatable bonds is 1. The summed E-state index contributed by atoms with van der Waals surface area (Å²) < 4.78 is 36.7. The van der Waals surface area contributed by atoms with Gasteiger partial charge in [0.15, 0.2) is 0 Å². The molecule has 1 rings (SSSR count). The first-order chi connectivity index (χ1) is 5.52. The van der Waals surface area contributed by atoms with E-state index in [4.69, 9.17) is 5.73 Å². The van der Waals surface area contributed by atoms with Crippen LogP contribution in [0.4, 0.5) is 18.9 Å². The van der Waals surface area contributed by atoms with Gasteiger partial charge in [-0.3, -0.25) is 0 Å². The summed E-state index contributed by atoms with van der Waals surface area (Å²) in [5.41, 5.74) is 4.78. The average molecular weight is 176 g/mol. The van der Waals surface area contributed by atoms with Crippen molar-refractivity contribution in [2.24, 2.45) is 0 Å². The first kappa shape index (κ1) is 8.83. The molecule has 1 aromatic heterocycles. The minimum absolute atomic E-state index is 0.00204. The molecule has 0 aliphatic rings. The van der Waals surface area contributed by atoms with E-state index in [0.717, 1.165) is 6.07 Å². The maximum Gasteiger partial charge on any atom is 0.280 e. The Hall–Kier alpha value is -1.26. The maximum atomic E-state index is 12.4. The molecule has 5 heteroatoms. The third kappa shape index (κ3) is 1.49. The van der Waals surface area contributed by atoms with Gasteiger partial charge < -0.3 is 5.73 Å². The predicted octanol–water partition coefficient (Wildman–Crippen LogP) is 2.05. The summed E-state index contributed by atoms with van der Waals surface area (Å²) in [6.45, 7) is 1.38. The molecule has 1 aromatic rings. The summed E-state index contributed by atoms with van der Waals surface area (Å²) >= 11 is 0. The normalized spacial score (nSPS) is 10.8. The van der Waals surface area contributed by atoms with Crippen LogP contribution in [0.1, 0.15) is 17.7 Å². The van der Waals surface area contributed by atoms with Gasteiger partial charge in [0.05, 0.1) is 0 Å². The zero-order valence-corrected chi connectivity index (χ0v) is 6.31. The van der Waals surface area contributed by atoms with Crippen molar-refractivity contribution in [2.45, 2.75) is 13.3 Å². The molecular formula is C7H7F3N2. The van der Waals surface area contributed by atoms with Gasteiger partial charge in [-0.2, -0.15) is 4.39 Å². The third-order valence-electron chi connectivity index (χ3n) is 1.53. The minimum atomic E-state index is -2.79. The fourth-order valence-electron chi connectivity index (χ4n) is 0.828. The smallest absolute Gasteiger partial charge is 0.280 e. The van der Waals surface area contributed by atoms with Gasteiger partial charge in [-0.15, -0.1) is 0 Å². The van der Waals surface area contributed by atoms with E-state index in [0.29, 0.717) is 0 Å². The van der Waals surface area contributed by atoms with Crippen molar-refractivity contribution < 1.29 is 13.2 Å². The van der Waals surface area contributed by atoms with Crippen molar-refractivity contribution >= 4 is 5.69 Å². The quantitative estimate of drug-likeness (QED) is 0.665. The molecule has 0 unspecified atom stereocenters. The van der Waals surface area contributed by atoms with Gasteiger partial charge in [0.2, 0.25) is 5.95 Å². The average Bonchev–Trinajstić information content (AvgIpc) is 1.96. The van der Waals surface area contributed by atoms with Gasteiger partial charge in [-0.25, -0.2) is 13.8 Å². The number of nitrogens with two attached hydrogens (primary N) is 1. The lowest BCUT2D eigenvalue weighted by atomic mass is 10.2. The molecule has 0 saturated heterocycles. The van der Waals surface area contributed by atoms with Gasteiger partial charge in [0, 0.05) is 11.8 Å². The van der Waals surface area contributed by atoms with Crippen LogP contribution in [0.5, 0.6) is 0 Å². The number of aromatic nitrogens is 1. The van der Waals surface area contributed by atoms with Crippen LogP contribution in [0.25, 0.3) is 0 Å². The van der Waals surface area contributed by atoms with Crippen LogP contribution < -0.4 is 5.73 Å². The molecule has 0 amide bonds. The van der Waals surface area contributed by atoms with Gasteiger partial charge in [-0.1, -0.05) is 0 Å². The molecule has 1 heterocycles. The van der Waals surface area contributed by atoms with E-state index in [-0.39, 0.29) is 11.3 Å². The summed E-state index contributed by atoms with van der Waals surface area (Å²) in [4.78, 5) is 3.04. The maximum absolute atomic E-state index is 12.4. The Kier molecular flexibility index (Phi) is 2.21. The second-order valence-corrected chi connectivity index (χ2v) is 2.35. The number of hydrogen-bond acceptors (Lipinski definition) is 2. The number of hydrogen-bond donors (Lipinski definition) is 1. The molecule has 0 aliphatic heterocycles. The van der Waals surface area contributed by atoms with Crippen molar-refractivity contribution in [2.75, 3.05) is 5.73 Å². The minimum Gasteiger partial charge on any atom is -0.398 e. The fraction of sp³-hybridized carbons (Fsp3) is 0.286. The summed E-state index contributed by atoms with van der Waals surface area (Å²) in [5.74, 6) is -0.978. The van der Waals surface area contributed by atoms with Gasteiger partial charge in [0.25, 0.3) is 6.43 Å². The van der Waals surface area contributed by atoms with E-state index in [1.807, 2.05) is 0 Å². The Bertz CT molecular complexity index is 299. The number of pyridine rings is 1. The molecule has 0 aromatic carbocycles. The molecular weight excluding hydrogens is 169 g/mol. The van der Waals surface area contributed by atoms with E-state index >= 15 is 0 Å². The van der Waals surface area contributed by atoms with Crippen LogP contribution in [0.3, 0.4) is 0 Å². The van der Waals surface area contributed by atoms with Crippen LogP contribution >= 0.6 is 0 Å². The lowest BCUT2D eigenvalue weighted by Crippen LogP contribution is -2.01. The van der Waals surface area contributed by atoms with Gasteiger partial charge in [0.1, 0.15) is 5.69 Å². The van der Waals surface area contributed by atoms with E-state index < -0.39 is 18.1 Å². The number of nitrogens with zero attached hydrogens (tertiary/aromatic N) is 1. The van der Waals surface area contributed by atoms with Crippen molar-refractivity contribution in [1.29, 1.82) is 0 Å². The topological polar surface area (TPSA) is 38.9 Å². The van der Waals surface area contributed by atoms with Crippen molar-refractivity contribution in [3.05, 3.63) is 23.3 Å². The van der Waals surface area contributed by atoms with E-state index in [1.54, 1.807) is 0 Å². The molecule has 12 heavy (non-hydrogen) atoms. The van der Waals surface area contributed by atoms with Crippen LogP contribution in [0, 0.1) is 12.9 Å². The molecule has 0 bridgehead atoms. The Morgan fingerprint density at radius 3 is 2.58 bits per heavy atom. The molecule has 0 saturated carbocycles. The lowest BCUT2D eigenvalue weighted by molar-refractivity contribution is 0.144. The van der Waals surface area contributed by atoms with Crippen molar-refractivity contribution in [3.8, 4) is 0 Å². The molecule has 66 valence electrons. The molecule has 0 fully saturated rings. The Labute approximate surface area is 67.2 Å². The van der Waals surface area contributed by atoms with E-state index in [9.17, 15) is 13.2 Å². The predicted molar refractivity (Wildman–Crippen MR) is 38.3 cm³/mol. The second-order valence-electron chi connectivity index (χ2n) is 2.35. The standard InChI is InChI=1S/C7H7F3N2/c1-3-4(11)2-5(8)12-6(3)7(9)10/h2,7H,1H3,(H2,11,12). The molecule has 0 aliphatic carbocycles. The van der Waals surface area contributed by atoms with Crippen LogP contribution in [-0.2, 0) is 0 Å². The largest absolute Gasteiger partial charge is 0.398 e. The van der Waals surface area contributed by atoms with Crippen molar-refractivity contribution in [1.82, 2.24) is 4.98 Å². The highest BCUT2D eigenvalue weighted by Gasteiger charge is 2.15. The summed E-state index contributed by atoms with van der Waals surface area (Å²) in [5, 5.41) is 0. The number of nitrogen functional groups attached to an aromatic ring is 1. The third-order valence-corrected chi connectivity index (χ3v) is 1.53. The summed E-state index contributed by atoms with van der Waals surface area (Å²) in [6.07, 6.45) is -2.79. The number of anilines is 1. The number of alkyl halides is 2. The Morgan fingerprint density at radius 2 is 2.08 bits per heavy atom. The molecule has 0 radical (unpaired) electrons. The van der Waals surface area contributed by atoms with Crippen LogP contribution in [-0.4, -0.2) is 4.98 Å². The van der Waals surface area contributed by atoms with Gasteiger partial charge >= 0.3 is 0 Å². The molecule has 0 atom stereocenters. The highest BCUT2D eigenvalue weighted by atomic mass is 19.3. The Balaban J connectivity index is 3.28. The van der Waals surface area contributed by atoms with E-state index in [1.165, 1.54) is 6.92 Å². The zero-order valence-electron chi connectivity index (χ0n) is 6.31. The fourth-order valence-corrected chi connectivity index (χ4v) is 0.828. The zero-order chi connectivity index (χ0) is 9.30. The molecule has 2 N–H and O–H groups in total. The molecule has 0 spiro atoms. The summed E-state index contributed by atoms with van der Waals surface area (Å²) in [7, 11) is 0. The lowest BCUT2D eigenvalue weighted by Gasteiger charge is -2.05. The highest BCUT2D eigenvalue weighted by Crippen LogP contribution is 2.24. The molecule has 2 nitrogen and oxygen atoms in total. The van der Waals surface area contributed by atoms with Gasteiger partial charge in [-0.05, 0) is 12.5 Å². The van der Waals surface area contributed by atoms with E-state index in [2.05, 4.69) is 4.98 Å². The van der Waals surface area contributed by atoms with Crippen LogP contribution in [0.15, 0.2) is 6.07 Å². The van der Waals surface area contributed by atoms with Crippen LogP contribution in [0.2, 0.25) is 0 Å². The Morgan fingerprint density at radius 1 is 1.50 bits per heavy atom. The summed E-state index contributed by atoms with van der Waals surface area (Å²) in [6, 6.07) is 0.918. The SMILES string of the molecule is Cc1c(N)cc(F)nc1C(F)F. The van der Waals surface area contributed by atoms with Crippen molar-refractivity contribution in [3.63, 3.8) is 0 Å². The monoisotopic (exact) mass is 176 g/mol. The highest BCUT2D eigenvalue weighted by molar-refractivity contribution is 5.47. The second kappa shape index (κ2) is 3.00.